The molecule has 1 aromatic rings. The molecular weight excluding hydrogens is 222 g/mol. The van der Waals surface area contributed by atoms with Gasteiger partial charge in [0.15, 0.2) is 12.1 Å². The normalized spacial score (nSPS) is 23.4. The van der Waals surface area contributed by atoms with Gasteiger partial charge in [-0.2, -0.15) is 0 Å². The summed E-state index contributed by atoms with van der Waals surface area (Å²) < 4.78 is 4.88. The first-order chi connectivity index (χ1) is 8.06. The van der Waals surface area contributed by atoms with Crippen molar-refractivity contribution in [3.63, 3.8) is 0 Å². The lowest BCUT2D eigenvalue weighted by atomic mass is 9.96. The highest BCUT2D eigenvalue weighted by Crippen LogP contribution is 2.30. The fraction of sp³-hybridized carbons (Fsp3) is 0.333. The number of anilines is 1. The van der Waals surface area contributed by atoms with Crippen LogP contribution in [0.15, 0.2) is 24.3 Å². The molecule has 2 atom stereocenters. The summed E-state index contributed by atoms with van der Waals surface area (Å²) in [5.74, 6) is -1.37. The lowest BCUT2D eigenvalue weighted by Gasteiger charge is -2.43. The summed E-state index contributed by atoms with van der Waals surface area (Å²) in [6.45, 7) is 1.89. The van der Waals surface area contributed by atoms with Gasteiger partial charge in [0, 0.05) is 12.8 Å². The van der Waals surface area contributed by atoms with Crippen LogP contribution in [-0.2, 0) is 14.3 Å². The number of ether oxygens (including phenoxy) is 1. The SMILES string of the molecule is CO[C@H]1C(=O)N(c2cccc(C)c2)[C@@H]1C(=O)O. The molecule has 0 saturated carbocycles. The number of β-lactam (4-membered cyclic amide) rings is 1. The van der Waals surface area contributed by atoms with Crippen molar-refractivity contribution in [2.45, 2.75) is 19.1 Å². The van der Waals surface area contributed by atoms with Gasteiger partial charge in [-0.1, -0.05) is 12.1 Å². The van der Waals surface area contributed by atoms with Crippen molar-refractivity contribution in [2.75, 3.05) is 12.0 Å². The topological polar surface area (TPSA) is 66.8 Å². The van der Waals surface area contributed by atoms with E-state index < -0.39 is 18.1 Å². The number of benzene rings is 1. The van der Waals surface area contributed by atoms with E-state index in [1.165, 1.54) is 12.0 Å². The van der Waals surface area contributed by atoms with Crippen LogP contribution in [0.25, 0.3) is 0 Å². The highest BCUT2D eigenvalue weighted by molar-refractivity contribution is 6.12. The van der Waals surface area contributed by atoms with E-state index >= 15 is 0 Å². The third kappa shape index (κ3) is 1.78. The van der Waals surface area contributed by atoms with Crippen molar-refractivity contribution in [2.24, 2.45) is 0 Å². The second kappa shape index (κ2) is 4.18. The molecule has 1 aliphatic rings. The number of aryl methyl sites for hydroxylation is 1. The van der Waals surface area contributed by atoms with Crippen LogP contribution >= 0.6 is 0 Å². The molecule has 1 aliphatic heterocycles. The summed E-state index contributed by atoms with van der Waals surface area (Å²) in [4.78, 5) is 24.1. The fourth-order valence-corrected chi connectivity index (χ4v) is 2.00. The first kappa shape index (κ1) is 11.6. The molecule has 1 amide bonds. The lowest BCUT2D eigenvalue weighted by molar-refractivity contribution is -0.155. The van der Waals surface area contributed by atoms with Crippen molar-refractivity contribution in [1.29, 1.82) is 0 Å². The van der Waals surface area contributed by atoms with E-state index in [1.54, 1.807) is 18.2 Å². The number of carbonyl (C=O) groups excluding carboxylic acids is 1. The molecule has 5 heteroatoms. The number of methoxy groups -OCH3 is 1. The molecular formula is C12H13NO4. The molecule has 0 aromatic heterocycles. The van der Waals surface area contributed by atoms with E-state index in [0.29, 0.717) is 5.69 Å². The van der Waals surface area contributed by atoms with Gasteiger partial charge < -0.3 is 9.84 Å². The monoisotopic (exact) mass is 235 g/mol. The van der Waals surface area contributed by atoms with Crippen molar-refractivity contribution in [1.82, 2.24) is 0 Å². The van der Waals surface area contributed by atoms with Gasteiger partial charge in [0.1, 0.15) is 0 Å². The van der Waals surface area contributed by atoms with Crippen LogP contribution < -0.4 is 4.90 Å². The number of carboxylic acid groups (broad SMARTS) is 1. The Balaban J connectivity index is 2.32. The Morgan fingerprint density at radius 1 is 1.47 bits per heavy atom. The summed E-state index contributed by atoms with van der Waals surface area (Å²) in [7, 11) is 1.34. The quantitative estimate of drug-likeness (QED) is 0.787. The van der Waals surface area contributed by atoms with E-state index in [9.17, 15) is 9.59 Å². The van der Waals surface area contributed by atoms with Crippen molar-refractivity contribution >= 4 is 17.6 Å². The Kier molecular flexibility index (Phi) is 2.85. The molecule has 0 aliphatic carbocycles. The van der Waals surface area contributed by atoms with Gasteiger partial charge in [0.2, 0.25) is 0 Å². The van der Waals surface area contributed by atoms with Gasteiger partial charge in [0.05, 0.1) is 0 Å². The Labute approximate surface area is 98.6 Å². The molecule has 17 heavy (non-hydrogen) atoms. The maximum atomic E-state index is 11.8. The summed E-state index contributed by atoms with van der Waals surface area (Å²) >= 11 is 0. The zero-order valence-electron chi connectivity index (χ0n) is 9.58. The number of amides is 1. The van der Waals surface area contributed by atoms with Gasteiger partial charge in [-0.3, -0.25) is 9.69 Å². The van der Waals surface area contributed by atoms with Gasteiger partial charge >= 0.3 is 5.97 Å². The standard InChI is InChI=1S/C12H13NO4/c1-7-4-3-5-8(6-7)13-9(12(15)16)10(17-2)11(13)14/h3-6,9-10H,1-2H3,(H,15,16)/t9-,10+/m0/s1. The van der Waals surface area contributed by atoms with Crippen LogP contribution in [0.4, 0.5) is 5.69 Å². The number of carboxylic acids is 1. The minimum absolute atomic E-state index is 0.314. The number of hydrogen-bond acceptors (Lipinski definition) is 3. The molecule has 1 N–H and O–H groups in total. The zero-order valence-corrected chi connectivity index (χ0v) is 9.58. The van der Waals surface area contributed by atoms with Crippen LogP contribution in [-0.4, -0.2) is 36.2 Å². The summed E-state index contributed by atoms with van der Waals surface area (Å²) in [5, 5.41) is 9.08. The zero-order chi connectivity index (χ0) is 12.6. The molecule has 1 fully saturated rings. The molecule has 0 bridgehead atoms. The molecule has 0 radical (unpaired) electrons. The van der Waals surface area contributed by atoms with Gasteiger partial charge in [0.25, 0.3) is 5.91 Å². The van der Waals surface area contributed by atoms with Crippen molar-refractivity contribution in [3.8, 4) is 0 Å². The maximum absolute atomic E-state index is 11.8. The minimum atomic E-state index is -1.06. The Morgan fingerprint density at radius 2 is 2.18 bits per heavy atom. The second-order valence-corrected chi connectivity index (χ2v) is 3.99. The number of carbonyl (C=O) groups is 2. The van der Waals surface area contributed by atoms with Gasteiger partial charge in [-0.05, 0) is 24.6 Å². The molecule has 0 unspecified atom stereocenters. The minimum Gasteiger partial charge on any atom is -0.480 e. The first-order valence-electron chi connectivity index (χ1n) is 5.21. The van der Waals surface area contributed by atoms with E-state index in [2.05, 4.69) is 0 Å². The number of rotatable bonds is 3. The number of aliphatic carboxylic acids is 1. The Hall–Kier alpha value is -1.88. The Bertz CT molecular complexity index is 471. The largest absolute Gasteiger partial charge is 0.480 e. The fourth-order valence-electron chi connectivity index (χ4n) is 2.00. The lowest BCUT2D eigenvalue weighted by Crippen LogP contribution is -2.69. The molecule has 1 aromatic carbocycles. The molecule has 1 saturated heterocycles. The van der Waals surface area contributed by atoms with E-state index in [1.807, 2.05) is 13.0 Å². The molecule has 90 valence electrons. The molecule has 2 rings (SSSR count). The highest BCUT2D eigenvalue weighted by Gasteiger charge is 2.53. The average molecular weight is 235 g/mol. The summed E-state index contributed by atoms with van der Waals surface area (Å²) in [6.07, 6.45) is -0.881. The number of hydrogen-bond donors (Lipinski definition) is 1. The number of nitrogens with zero attached hydrogens (tertiary/aromatic N) is 1. The molecule has 5 nitrogen and oxygen atoms in total. The highest BCUT2D eigenvalue weighted by atomic mass is 16.5. The average Bonchev–Trinajstić information content (AvgIpc) is 2.26. The maximum Gasteiger partial charge on any atom is 0.330 e. The smallest absolute Gasteiger partial charge is 0.330 e. The van der Waals surface area contributed by atoms with Crippen LogP contribution in [0.3, 0.4) is 0 Å². The second-order valence-electron chi connectivity index (χ2n) is 3.99. The van der Waals surface area contributed by atoms with Crippen LogP contribution in [0, 0.1) is 6.92 Å². The third-order valence-corrected chi connectivity index (χ3v) is 2.83. The Morgan fingerprint density at radius 3 is 2.71 bits per heavy atom. The molecule has 1 heterocycles. The van der Waals surface area contributed by atoms with Gasteiger partial charge in [-0.15, -0.1) is 0 Å². The van der Waals surface area contributed by atoms with E-state index in [-0.39, 0.29) is 5.91 Å². The molecule has 0 spiro atoms. The summed E-state index contributed by atoms with van der Waals surface area (Å²) in [6, 6.07) is 6.23. The van der Waals surface area contributed by atoms with Crippen molar-refractivity contribution in [3.05, 3.63) is 29.8 Å². The predicted molar refractivity (Wildman–Crippen MR) is 60.9 cm³/mol. The third-order valence-electron chi connectivity index (χ3n) is 2.83. The van der Waals surface area contributed by atoms with Gasteiger partial charge in [-0.25, -0.2) is 4.79 Å². The van der Waals surface area contributed by atoms with Crippen LogP contribution in [0.2, 0.25) is 0 Å². The van der Waals surface area contributed by atoms with E-state index in [4.69, 9.17) is 9.84 Å². The van der Waals surface area contributed by atoms with Crippen LogP contribution in [0.5, 0.6) is 0 Å². The van der Waals surface area contributed by atoms with Crippen LogP contribution in [0.1, 0.15) is 5.56 Å². The first-order valence-corrected chi connectivity index (χ1v) is 5.21. The summed E-state index contributed by atoms with van der Waals surface area (Å²) in [5.41, 5.74) is 1.57. The van der Waals surface area contributed by atoms with E-state index in [0.717, 1.165) is 5.56 Å². The van der Waals surface area contributed by atoms with Crippen molar-refractivity contribution < 1.29 is 19.4 Å². The predicted octanol–water partition coefficient (Wildman–Crippen LogP) is 0.810.